The molecule has 0 aromatic heterocycles. The van der Waals surface area contributed by atoms with Gasteiger partial charge in [0.05, 0.1) is 84.2 Å². The second kappa shape index (κ2) is 20.3. The zero-order valence-electron chi connectivity index (χ0n) is 19.9. The monoisotopic (exact) mass is 492 g/mol. The molecule has 0 radical (unpaired) electrons. The first-order valence-electron chi connectivity index (χ1n) is 11.5. The molecule has 0 saturated carbocycles. The van der Waals surface area contributed by atoms with Crippen LogP contribution in [0.25, 0.3) is 0 Å². The van der Waals surface area contributed by atoms with Crippen LogP contribution in [0.15, 0.2) is 35.2 Å². The molecule has 10 heteroatoms. The standard InChI is InChI=1S/C23H40O9S/c1-3-22(2)21-31-18-17-29-14-13-27-10-9-26-11-12-28-15-16-30-19-20-32-33(24,25)23-7-5-4-6-8-23/h4-8,22H,3,9-21H2,1-2H3. The molecule has 0 aliphatic rings. The van der Waals surface area contributed by atoms with E-state index in [2.05, 4.69) is 13.8 Å². The molecule has 1 aromatic rings. The Hall–Kier alpha value is -1.11. The maximum atomic E-state index is 11.9. The van der Waals surface area contributed by atoms with Crippen molar-refractivity contribution in [1.29, 1.82) is 0 Å². The molecular weight excluding hydrogens is 452 g/mol. The summed E-state index contributed by atoms with van der Waals surface area (Å²) in [5.74, 6) is 0.589. The molecule has 0 aliphatic carbocycles. The van der Waals surface area contributed by atoms with Gasteiger partial charge < -0.3 is 28.4 Å². The highest BCUT2D eigenvalue weighted by Crippen LogP contribution is 2.10. The zero-order chi connectivity index (χ0) is 24.0. The lowest BCUT2D eigenvalue weighted by Crippen LogP contribution is -2.15. The fourth-order valence-electron chi connectivity index (χ4n) is 2.36. The van der Waals surface area contributed by atoms with Crippen LogP contribution in [0.3, 0.4) is 0 Å². The smallest absolute Gasteiger partial charge is 0.297 e. The number of hydrogen-bond donors (Lipinski definition) is 0. The van der Waals surface area contributed by atoms with Gasteiger partial charge in [-0.2, -0.15) is 8.42 Å². The van der Waals surface area contributed by atoms with E-state index >= 15 is 0 Å². The normalized spacial score (nSPS) is 12.8. The molecule has 0 fully saturated rings. The van der Waals surface area contributed by atoms with Crippen molar-refractivity contribution in [3.05, 3.63) is 30.3 Å². The van der Waals surface area contributed by atoms with E-state index in [0.717, 1.165) is 13.0 Å². The minimum Gasteiger partial charge on any atom is -0.379 e. The fourth-order valence-corrected chi connectivity index (χ4v) is 3.27. The summed E-state index contributed by atoms with van der Waals surface area (Å²) in [5.41, 5.74) is 0. The Balaban J connectivity index is 1.76. The van der Waals surface area contributed by atoms with Gasteiger partial charge in [0.15, 0.2) is 0 Å². The molecule has 0 heterocycles. The van der Waals surface area contributed by atoms with Crippen LogP contribution < -0.4 is 0 Å². The molecular formula is C23H40O9S. The Morgan fingerprint density at radius 3 is 1.45 bits per heavy atom. The van der Waals surface area contributed by atoms with E-state index in [9.17, 15) is 8.42 Å². The van der Waals surface area contributed by atoms with Crippen molar-refractivity contribution >= 4 is 10.1 Å². The Bertz CT molecular complexity index is 655. The van der Waals surface area contributed by atoms with Gasteiger partial charge in [0, 0.05) is 6.61 Å². The Labute approximate surface area is 198 Å². The summed E-state index contributed by atoms with van der Waals surface area (Å²) in [7, 11) is -3.74. The van der Waals surface area contributed by atoms with E-state index in [0.29, 0.717) is 72.0 Å². The molecule has 0 spiro atoms. The fraction of sp³-hybridized carbons (Fsp3) is 0.739. The van der Waals surface area contributed by atoms with Crippen molar-refractivity contribution < 1.29 is 41.0 Å². The number of ether oxygens (including phenoxy) is 6. The van der Waals surface area contributed by atoms with Crippen molar-refractivity contribution in [2.24, 2.45) is 5.92 Å². The van der Waals surface area contributed by atoms with Crippen LogP contribution in [-0.4, -0.2) is 94.3 Å². The van der Waals surface area contributed by atoms with Crippen LogP contribution >= 0.6 is 0 Å². The molecule has 0 N–H and O–H groups in total. The summed E-state index contributed by atoms with van der Waals surface area (Å²) in [5, 5.41) is 0. The van der Waals surface area contributed by atoms with E-state index < -0.39 is 10.1 Å². The van der Waals surface area contributed by atoms with E-state index in [1.165, 1.54) is 12.1 Å². The maximum absolute atomic E-state index is 11.9. The first-order valence-corrected chi connectivity index (χ1v) is 12.9. The Morgan fingerprint density at radius 2 is 1.03 bits per heavy atom. The first kappa shape index (κ1) is 29.9. The quantitative estimate of drug-likeness (QED) is 0.169. The number of benzene rings is 1. The van der Waals surface area contributed by atoms with Crippen LogP contribution in [0.5, 0.6) is 0 Å². The number of hydrogen-bond acceptors (Lipinski definition) is 9. The third-order valence-corrected chi connectivity index (χ3v) is 5.78. The zero-order valence-corrected chi connectivity index (χ0v) is 20.8. The SMILES string of the molecule is CCC(C)COCCOCCOCCOCCOCCOCCOS(=O)(=O)c1ccccc1. The van der Waals surface area contributed by atoms with Gasteiger partial charge in [-0.25, -0.2) is 0 Å². The van der Waals surface area contributed by atoms with Gasteiger partial charge in [0.25, 0.3) is 10.1 Å². The van der Waals surface area contributed by atoms with Gasteiger partial charge >= 0.3 is 0 Å². The predicted molar refractivity (Wildman–Crippen MR) is 124 cm³/mol. The average Bonchev–Trinajstić information content (AvgIpc) is 2.83. The van der Waals surface area contributed by atoms with Gasteiger partial charge in [-0.15, -0.1) is 0 Å². The lowest BCUT2D eigenvalue weighted by Gasteiger charge is -2.10. The third-order valence-electron chi connectivity index (χ3n) is 4.46. The summed E-state index contributed by atoms with van der Waals surface area (Å²) >= 11 is 0. The number of rotatable bonds is 23. The molecule has 1 atom stereocenters. The molecule has 0 amide bonds. The van der Waals surface area contributed by atoms with Crippen LogP contribution in [0.4, 0.5) is 0 Å². The summed E-state index contributed by atoms with van der Waals surface area (Å²) in [6, 6.07) is 8.00. The highest BCUT2D eigenvalue weighted by molar-refractivity contribution is 7.86. The molecule has 192 valence electrons. The molecule has 0 aliphatic heterocycles. The molecule has 9 nitrogen and oxygen atoms in total. The highest BCUT2D eigenvalue weighted by Gasteiger charge is 2.13. The van der Waals surface area contributed by atoms with Gasteiger partial charge in [0.1, 0.15) is 0 Å². The average molecular weight is 493 g/mol. The van der Waals surface area contributed by atoms with Crippen molar-refractivity contribution in [2.45, 2.75) is 25.2 Å². The minimum atomic E-state index is -3.74. The van der Waals surface area contributed by atoms with Crippen LogP contribution in [0.2, 0.25) is 0 Å². The first-order chi connectivity index (χ1) is 16.1. The second-order valence-electron chi connectivity index (χ2n) is 7.24. The van der Waals surface area contributed by atoms with Crippen LogP contribution in [-0.2, 0) is 42.7 Å². The van der Waals surface area contributed by atoms with Gasteiger partial charge in [-0.05, 0) is 18.1 Å². The summed E-state index contributed by atoms with van der Waals surface area (Å²) < 4.78 is 61.2. The highest BCUT2D eigenvalue weighted by atomic mass is 32.2. The summed E-state index contributed by atoms with van der Waals surface area (Å²) in [6.07, 6.45) is 1.12. The van der Waals surface area contributed by atoms with Gasteiger partial charge in [0.2, 0.25) is 0 Å². The van der Waals surface area contributed by atoms with Crippen molar-refractivity contribution in [2.75, 3.05) is 85.9 Å². The predicted octanol–water partition coefficient (Wildman–Crippen LogP) is 2.54. The largest absolute Gasteiger partial charge is 0.379 e. The molecule has 1 unspecified atom stereocenters. The Kier molecular flexibility index (Phi) is 18.4. The molecule has 1 aromatic carbocycles. The van der Waals surface area contributed by atoms with E-state index in [1.54, 1.807) is 18.2 Å². The lowest BCUT2D eigenvalue weighted by atomic mass is 10.1. The third kappa shape index (κ3) is 17.0. The molecule has 1 rings (SSSR count). The second-order valence-corrected chi connectivity index (χ2v) is 8.85. The molecule has 33 heavy (non-hydrogen) atoms. The lowest BCUT2D eigenvalue weighted by molar-refractivity contribution is -0.0190. The van der Waals surface area contributed by atoms with E-state index in [-0.39, 0.29) is 18.1 Å². The van der Waals surface area contributed by atoms with Crippen molar-refractivity contribution in [1.82, 2.24) is 0 Å². The van der Waals surface area contributed by atoms with Gasteiger partial charge in [-0.3, -0.25) is 4.18 Å². The maximum Gasteiger partial charge on any atom is 0.297 e. The van der Waals surface area contributed by atoms with Crippen molar-refractivity contribution in [3.63, 3.8) is 0 Å². The molecule has 0 bridgehead atoms. The summed E-state index contributed by atoms with van der Waals surface area (Å²) in [6.45, 7) is 10.1. The Morgan fingerprint density at radius 1 is 0.636 bits per heavy atom. The van der Waals surface area contributed by atoms with Gasteiger partial charge in [-0.1, -0.05) is 38.5 Å². The van der Waals surface area contributed by atoms with E-state index in [4.69, 9.17) is 32.6 Å². The minimum absolute atomic E-state index is 0.0443. The van der Waals surface area contributed by atoms with Crippen LogP contribution in [0.1, 0.15) is 20.3 Å². The summed E-state index contributed by atoms with van der Waals surface area (Å²) in [4.78, 5) is 0.130. The topological polar surface area (TPSA) is 98.8 Å². The van der Waals surface area contributed by atoms with Crippen molar-refractivity contribution in [3.8, 4) is 0 Å². The molecule has 0 saturated heterocycles. The van der Waals surface area contributed by atoms with E-state index in [1.807, 2.05) is 0 Å². The van der Waals surface area contributed by atoms with Crippen LogP contribution in [0, 0.1) is 5.92 Å².